The zero-order valence-corrected chi connectivity index (χ0v) is 9.52. The monoisotopic (exact) mass is 194 g/mol. The van der Waals surface area contributed by atoms with E-state index in [1.807, 2.05) is 19.1 Å². The summed E-state index contributed by atoms with van der Waals surface area (Å²) in [5.74, 6) is -0.0591. The van der Waals surface area contributed by atoms with Crippen LogP contribution in [0.5, 0.6) is 0 Å². The highest BCUT2D eigenvalue weighted by molar-refractivity contribution is 5.29. The normalized spacial score (nSPS) is 11.8. The third-order valence-corrected chi connectivity index (χ3v) is 3.05. The molecule has 0 heterocycles. The Morgan fingerprint density at radius 1 is 1.21 bits per heavy atom. The van der Waals surface area contributed by atoms with E-state index >= 15 is 0 Å². The van der Waals surface area contributed by atoms with Gasteiger partial charge < -0.3 is 0 Å². The van der Waals surface area contributed by atoms with Gasteiger partial charge >= 0.3 is 0 Å². The van der Waals surface area contributed by atoms with Crippen molar-refractivity contribution in [3.05, 3.63) is 35.1 Å². The van der Waals surface area contributed by atoms with Crippen molar-refractivity contribution in [3.8, 4) is 0 Å². The molecule has 0 bridgehead atoms. The van der Waals surface area contributed by atoms with Gasteiger partial charge in [0.05, 0.1) is 0 Å². The van der Waals surface area contributed by atoms with Crippen molar-refractivity contribution >= 4 is 0 Å². The molecule has 1 aromatic rings. The highest BCUT2D eigenvalue weighted by atomic mass is 19.1. The van der Waals surface area contributed by atoms with Crippen molar-refractivity contribution < 1.29 is 4.39 Å². The lowest BCUT2D eigenvalue weighted by molar-refractivity contribution is 0.468. The molecule has 0 nitrogen and oxygen atoms in total. The van der Waals surface area contributed by atoms with Crippen LogP contribution in [-0.4, -0.2) is 0 Å². The van der Waals surface area contributed by atoms with Crippen LogP contribution in [0.25, 0.3) is 0 Å². The van der Waals surface area contributed by atoms with Gasteiger partial charge in [-0.15, -0.1) is 0 Å². The number of aryl methyl sites for hydroxylation is 1. The van der Waals surface area contributed by atoms with Crippen molar-refractivity contribution in [1.29, 1.82) is 0 Å². The Labute approximate surface area is 86.2 Å². The second-order valence-electron chi connectivity index (χ2n) is 4.41. The molecule has 0 spiro atoms. The van der Waals surface area contributed by atoms with Gasteiger partial charge in [0.15, 0.2) is 0 Å². The minimum absolute atomic E-state index is 0.0591. The fourth-order valence-corrected chi connectivity index (χ4v) is 1.52. The van der Waals surface area contributed by atoms with Crippen LogP contribution in [0.2, 0.25) is 0 Å². The van der Waals surface area contributed by atoms with Gasteiger partial charge in [-0.1, -0.05) is 39.8 Å². The molecular weight excluding hydrogens is 175 g/mol. The van der Waals surface area contributed by atoms with Gasteiger partial charge in [0.2, 0.25) is 0 Å². The van der Waals surface area contributed by atoms with E-state index in [4.69, 9.17) is 0 Å². The molecule has 0 amide bonds. The molecular formula is C13H19F. The molecule has 0 unspecified atom stereocenters. The molecule has 1 heteroatoms. The molecule has 14 heavy (non-hydrogen) atoms. The van der Waals surface area contributed by atoms with Crippen LogP contribution in [0.3, 0.4) is 0 Å². The molecule has 0 aliphatic rings. The molecule has 0 radical (unpaired) electrons. The number of halogens is 1. The second kappa shape index (κ2) is 4.12. The lowest BCUT2D eigenvalue weighted by Gasteiger charge is -2.24. The SMILES string of the molecule is CCc1ccc(C(C)(C)CC)c(F)c1. The third kappa shape index (κ3) is 2.14. The first kappa shape index (κ1) is 11.2. The first-order chi connectivity index (χ1) is 6.51. The van der Waals surface area contributed by atoms with E-state index in [9.17, 15) is 4.39 Å². The van der Waals surface area contributed by atoms with E-state index < -0.39 is 0 Å². The lowest BCUT2D eigenvalue weighted by Crippen LogP contribution is -2.17. The van der Waals surface area contributed by atoms with Gasteiger partial charge in [0.1, 0.15) is 5.82 Å². The summed E-state index contributed by atoms with van der Waals surface area (Å²) in [5, 5.41) is 0. The summed E-state index contributed by atoms with van der Waals surface area (Å²) >= 11 is 0. The predicted octanol–water partition coefficient (Wildman–Crippen LogP) is 4.08. The van der Waals surface area contributed by atoms with Crippen LogP contribution in [0, 0.1) is 5.82 Å². The topological polar surface area (TPSA) is 0 Å². The Hall–Kier alpha value is -0.850. The van der Waals surface area contributed by atoms with Crippen molar-refractivity contribution in [2.24, 2.45) is 0 Å². The van der Waals surface area contributed by atoms with Crippen LogP contribution in [-0.2, 0) is 11.8 Å². The van der Waals surface area contributed by atoms with Crippen molar-refractivity contribution in [3.63, 3.8) is 0 Å². The molecule has 78 valence electrons. The standard InChI is InChI=1S/C13H19F/c1-5-10-7-8-11(12(14)9-10)13(3,4)6-2/h7-9H,5-6H2,1-4H3. The number of rotatable bonds is 3. The van der Waals surface area contributed by atoms with Gasteiger partial charge in [-0.25, -0.2) is 4.39 Å². The number of benzene rings is 1. The van der Waals surface area contributed by atoms with Gasteiger partial charge in [0.25, 0.3) is 0 Å². The van der Waals surface area contributed by atoms with Crippen LogP contribution in [0.15, 0.2) is 18.2 Å². The van der Waals surface area contributed by atoms with E-state index in [0.717, 1.165) is 24.0 Å². The zero-order chi connectivity index (χ0) is 10.8. The molecule has 1 aromatic carbocycles. The molecule has 0 atom stereocenters. The second-order valence-corrected chi connectivity index (χ2v) is 4.41. The van der Waals surface area contributed by atoms with Gasteiger partial charge in [-0.05, 0) is 35.4 Å². The number of hydrogen-bond acceptors (Lipinski definition) is 0. The third-order valence-electron chi connectivity index (χ3n) is 3.05. The van der Waals surface area contributed by atoms with E-state index in [-0.39, 0.29) is 11.2 Å². The Morgan fingerprint density at radius 2 is 1.86 bits per heavy atom. The maximum Gasteiger partial charge on any atom is 0.127 e. The maximum atomic E-state index is 13.7. The smallest absolute Gasteiger partial charge is 0.127 e. The fourth-order valence-electron chi connectivity index (χ4n) is 1.52. The molecule has 0 saturated heterocycles. The van der Waals surface area contributed by atoms with Crippen molar-refractivity contribution in [2.75, 3.05) is 0 Å². The van der Waals surface area contributed by atoms with Gasteiger partial charge in [-0.3, -0.25) is 0 Å². The summed E-state index contributed by atoms with van der Waals surface area (Å²) in [5.41, 5.74) is 1.84. The summed E-state index contributed by atoms with van der Waals surface area (Å²) in [6.45, 7) is 8.29. The summed E-state index contributed by atoms with van der Waals surface area (Å²) in [4.78, 5) is 0. The predicted molar refractivity (Wildman–Crippen MR) is 59.1 cm³/mol. The van der Waals surface area contributed by atoms with Crippen LogP contribution in [0.1, 0.15) is 45.2 Å². The summed E-state index contributed by atoms with van der Waals surface area (Å²) in [6.07, 6.45) is 1.85. The average Bonchev–Trinajstić information content (AvgIpc) is 2.17. The molecule has 1 rings (SSSR count). The van der Waals surface area contributed by atoms with E-state index in [0.29, 0.717) is 0 Å². The van der Waals surface area contributed by atoms with Crippen molar-refractivity contribution in [1.82, 2.24) is 0 Å². The maximum absolute atomic E-state index is 13.7. The van der Waals surface area contributed by atoms with Crippen LogP contribution < -0.4 is 0 Å². The van der Waals surface area contributed by atoms with Crippen LogP contribution in [0.4, 0.5) is 4.39 Å². The minimum atomic E-state index is -0.0592. The van der Waals surface area contributed by atoms with Crippen molar-refractivity contribution in [2.45, 2.75) is 46.0 Å². The highest BCUT2D eigenvalue weighted by Crippen LogP contribution is 2.29. The van der Waals surface area contributed by atoms with E-state index in [1.54, 1.807) is 6.07 Å². The Bertz CT molecular complexity index is 313. The molecule has 0 aromatic heterocycles. The van der Waals surface area contributed by atoms with Crippen LogP contribution >= 0.6 is 0 Å². The summed E-state index contributed by atoms with van der Waals surface area (Å²) in [7, 11) is 0. The number of hydrogen-bond donors (Lipinski definition) is 0. The van der Waals surface area contributed by atoms with Gasteiger partial charge in [0, 0.05) is 0 Å². The largest absolute Gasteiger partial charge is 0.207 e. The summed E-state index contributed by atoms with van der Waals surface area (Å²) < 4.78 is 13.7. The molecule has 0 saturated carbocycles. The first-order valence-electron chi connectivity index (χ1n) is 5.30. The van der Waals surface area contributed by atoms with E-state index in [1.165, 1.54) is 0 Å². The highest BCUT2D eigenvalue weighted by Gasteiger charge is 2.21. The van der Waals surface area contributed by atoms with E-state index in [2.05, 4.69) is 20.8 Å². The fraction of sp³-hybridized carbons (Fsp3) is 0.538. The Kier molecular flexibility index (Phi) is 3.30. The Balaban J connectivity index is 3.12. The lowest BCUT2D eigenvalue weighted by atomic mass is 9.81. The molecule has 0 fully saturated rings. The zero-order valence-electron chi connectivity index (χ0n) is 9.52. The first-order valence-corrected chi connectivity index (χ1v) is 5.30. The average molecular weight is 194 g/mol. The quantitative estimate of drug-likeness (QED) is 0.680. The molecule has 0 aliphatic heterocycles. The molecule has 0 N–H and O–H groups in total. The van der Waals surface area contributed by atoms with Gasteiger partial charge in [-0.2, -0.15) is 0 Å². The molecule has 0 aliphatic carbocycles. The minimum Gasteiger partial charge on any atom is -0.207 e. The summed E-state index contributed by atoms with van der Waals surface area (Å²) in [6, 6.07) is 5.61. The Morgan fingerprint density at radius 3 is 2.29 bits per heavy atom.